The monoisotopic (exact) mass is 317 g/mol. The van der Waals surface area contributed by atoms with Crippen LogP contribution in [0.1, 0.15) is 30.9 Å². The van der Waals surface area contributed by atoms with Gasteiger partial charge in [-0.1, -0.05) is 22.4 Å². The van der Waals surface area contributed by atoms with E-state index in [0.717, 1.165) is 34.0 Å². The number of H-pyrrole nitrogens is 1. The molecule has 4 heteroatoms. The third-order valence-corrected chi connectivity index (χ3v) is 4.34. The number of piperidine rings is 1. The molecule has 1 fully saturated rings. The lowest BCUT2D eigenvalue weighted by molar-refractivity contribution is 0.197. The summed E-state index contributed by atoms with van der Waals surface area (Å²) in [6, 6.07) is 8.50. The van der Waals surface area contributed by atoms with Crippen molar-refractivity contribution in [1.82, 2.24) is 9.88 Å². The van der Waals surface area contributed by atoms with Crippen LogP contribution in [0.3, 0.4) is 0 Å². The van der Waals surface area contributed by atoms with Crippen LogP contribution in [-0.4, -0.2) is 23.0 Å². The van der Waals surface area contributed by atoms with E-state index in [9.17, 15) is 5.26 Å². The molecule has 0 radical (unpaired) electrons. The molecule has 1 aromatic carbocycles. The van der Waals surface area contributed by atoms with Gasteiger partial charge >= 0.3 is 0 Å². The maximum Gasteiger partial charge on any atom is 0.125 e. The Kier molecular flexibility index (Phi) is 3.58. The fourth-order valence-electron chi connectivity index (χ4n) is 2.87. The molecule has 1 saturated heterocycles. The number of fused-ring (bicyclic) bond motifs is 1. The molecule has 1 aliphatic rings. The van der Waals surface area contributed by atoms with Gasteiger partial charge in [-0.25, -0.2) is 0 Å². The van der Waals surface area contributed by atoms with E-state index in [1.54, 1.807) is 0 Å². The number of hydrogen-bond donors (Lipinski definition) is 1. The summed E-state index contributed by atoms with van der Waals surface area (Å²) in [6.07, 6.45) is 5.67. The SMILES string of the molecule is N#CC(c1c[nH]c2ccc(Br)cc12)N1CCCCC1. The first-order chi connectivity index (χ1) is 9.29. The third-order valence-electron chi connectivity index (χ3n) is 3.85. The van der Waals surface area contributed by atoms with Crippen LogP contribution in [0.15, 0.2) is 28.9 Å². The zero-order chi connectivity index (χ0) is 13.2. The highest BCUT2D eigenvalue weighted by atomic mass is 79.9. The molecule has 3 rings (SSSR count). The molecular formula is C15H16BrN3. The van der Waals surface area contributed by atoms with Crippen molar-refractivity contribution in [2.24, 2.45) is 0 Å². The van der Waals surface area contributed by atoms with Crippen molar-refractivity contribution < 1.29 is 0 Å². The van der Waals surface area contributed by atoms with Crippen molar-refractivity contribution in [3.63, 3.8) is 0 Å². The fourth-order valence-corrected chi connectivity index (χ4v) is 3.23. The molecule has 0 saturated carbocycles. The average Bonchev–Trinajstić information content (AvgIpc) is 2.84. The van der Waals surface area contributed by atoms with Crippen LogP contribution >= 0.6 is 15.9 Å². The Labute approximate surface area is 121 Å². The summed E-state index contributed by atoms with van der Waals surface area (Å²) in [5.41, 5.74) is 2.19. The van der Waals surface area contributed by atoms with Crippen molar-refractivity contribution in [3.8, 4) is 6.07 Å². The minimum absolute atomic E-state index is 0.136. The smallest absolute Gasteiger partial charge is 0.125 e. The molecule has 0 bridgehead atoms. The van der Waals surface area contributed by atoms with Gasteiger partial charge < -0.3 is 4.98 Å². The van der Waals surface area contributed by atoms with E-state index in [1.165, 1.54) is 19.3 Å². The van der Waals surface area contributed by atoms with Crippen LogP contribution in [0.4, 0.5) is 0 Å². The molecule has 1 unspecified atom stereocenters. The summed E-state index contributed by atoms with van der Waals surface area (Å²) in [5, 5.41) is 10.7. The van der Waals surface area contributed by atoms with Gasteiger partial charge in [0.1, 0.15) is 6.04 Å². The normalized spacial score (nSPS) is 18.3. The molecule has 2 heterocycles. The first-order valence-corrected chi connectivity index (χ1v) is 7.49. The predicted molar refractivity (Wildman–Crippen MR) is 79.8 cm³/mol. The number of hydrogen-bond acceptors (Lipinski definition) is 2. The average molecular weight is 318 g/mol. The summed E-state index contributed by atoms with van der Waals surface area (Å²) in [7, 11) is 0. The number of aromatic amines is 1. The van der Waals surface area contributed by atoms with E-state index in [4.69, 9.17) is 0 Å². The van der Waals surface area contributed by atoms with Crippen LogP contribution in [0, 0.1) is 11.3 Å². The standard InChI is InChI=1S/C15H16BrN3/c16-11-4-5-14-12(8-11)13(10-18-14)15(9-17)19-6-2-1-3-7-19/h4-5,8,10,15,18H,1-3,6-7H2. The van der Waals surface area contributed by atoms with E-state index in [0.29, 0.717) is 0 Å². The number of nitrogens with one attached hydrogen (secondary N) is 1. The molecule has 3 nitrogen and oxygen atoms in total. The first-order valence-electron chi connectivity index (χ1n) is 6.70. The van der Waals surface area contributed by atoms with Crippen LogP contribution in [0.5, 0.6) is 0 Å². The second kappa shape index (κ2) is 5.36. The summed E-state index contributed by atoms with van der Waals surface area (Å²) in [5.74, 6) is 0. The fraction of sp³-hybridized carbons (Fsp3) is 0.400. The van der Waals surface area contributed by atoms with Crippen LogP contribution in [0.2, 0.25) is 0 Å². The number of rotatable bonds is 2. The molecule has 0 amide bonds. The van der Waals surface area contributed by atoms with Crippen molar-refractivity contribution in [1.29, 1.82) is 5.26 Å². The van der Waals surface area contributed by atoms with E-state index in [-0.39, 0.29) is 6.04 Å². The van der Waals surface area contributed by atoms with Crippen molar-refractivity contribution in [3.05, 3.63) is 34.4 Å². The van der Waals surface area contributed by atoms with Gasteiger partial charge in [0, 0.05) is 27.1 Å². The second-order valence-electron chi connectivity index (χ2n) is 5.06. The molecular weight excluding hydrogens is 302 g/mol. The molecule has 1 aliphatic heterocycles. The molecule has 1 N–H and O–H groups in total. The Morgan fingerprint density at radius 2 is 2.05 bits per heavy atom. The number of aromatic nitrogens is 1. The summed E-state index contributed by atoms with van der Waals surface area (Å²) in [6.45, 7) is 2.05. The van der Waals surface area contributed by atoms with E-state index < -0.39 is 0 Å². The Hall–Kier alpha value is -1.31. The number of nitrogens with zero attached hydrogens (tertiary/aromatic N) is 2. The summed E-state index contributed by atoms with van der Waals surface area (Å²) < 4.78 is 1.05. The molecule has 1 aromatic heterocycles. The third kappa shape index (κ3) is 2.41. The van der Waals surface area contributed by atoms with Gasteiger partial charge in [-0.2, -0.15) is 5.26 Å². The van der Waals surface area contributed by atoms with Gasteiger partial charge in [0.25, 0.3) is 0 Å². The number of halogens is 1. The van der Waals surface area contributed by atoms with Crippen molar-refractivity contribution in [2.75, 3.05) is 13.1 Å². The van der Waals surface area contributed by atoms with E-state index in [2.05, 4.69) is 37.9 Å². The Bertz CT molecular complexity index is 620. The quantitative estimate of drug-likeness (QED) is 0.910. The zero-order valence-corrected chi connectivity index (χ0v) is 12.3. The highest BCUT2D eigenvalue weighted by Crippen LogP contribution is 2.31. The largest absolute Gasteiger partial charge is 0.361 e. The molecule has 19 heavy (non-hydrogen) atoms. The minimum Gasteiger partial charge on any atom is -0.361 e. The lowest BCUT2D eigenvalue weighted by atomic mass is 10.0. The van der Waals surface area contributed by atoms with E-state index in [1.807, 2.05) is 18.3 Å². The van der Waals surface area contributed by atoms with Gasteiger partial charge in [0.05, 0.1) is 6.07 Å². The first kappa shape index (κ1) is 12.7. The Balaban J connectivity index is 2.01. The number of benzene rings is 1. The van der Waals surface area contributed by atoms with Crippen LogP contribution < -0.4 is 0 Å². The predicted octanol–water partition coefficient (Wildman–Crippen LogP) is 3.98. The number of nitriles is 1. The maximum absolute atomic E-state index is 9.56. The lowest BCUT2D eigenvalue weighted by Gasteiger charge is -2.30. The van der Waals surface area contributed by atoms with Crippen LogP contribution in [0.25, 0.3) is 10.9 Å². The second-order valence-corrected chi connectivity index (χ2v) is 5.98. The highest BCUT2D eigenvalue weighted by molar-refractivity contribution is 9.10. The van der Waals surface area contributed by atoms with Gasteiger partial charge in [-0.05, 0) is 44.1 Å². The van der Waals surface area contributed by atoms with E-state index >= 15 is 0 Å². The Morgan fingerprint density at radius 1 is 1.26 bits per heavy atom. The Morgan fingerprint density at radius 3 is 2.79 bits per heavy atom. The van der Waals surface area contributed by atoms with Gasteiger partial charge in [-0.3, -0.25) is 4.90 Å². The summed E-state index contributed by atoms with van der Waals surface area (Å²) >= 11 is 3.51. The lowest BCUT2D eigenvalue weighted by Crippen LogP contribution is -2.32. The van der Waals surface area contributed by atoms with Crippen molar-refractivity contribution >= 4 is 26.8 Å². The van der Waals surface area contributed by atoms with Gasteiger partial charge in [-0.15, -0.1) is 0 Å². The van der Waals surface area contributed by atoms with Crippen LogP contribution in [-0.2, 0) is 0 Å². The number of likely N-dealkylation sites (tertiary alicyclic amines) is 1. The van der Waals surface area contributed by atoms with Crippen molar-refractivity contribution in [2.45, 2.75) is 25.3 Å². The highest BCUT2D eigenvalue weighted by Gasteiger charge is 2.24. The minimum atomic E-state index is -0.136. The summed E-state index contributed by atoms with van der Waals surface area (Å²) in [4.78, 5) is 5.57. The van der Waals surface area contributed by atoms with Gasteiger partial charge in [0.15, 0.2) is 0 Å². The maximum atomic E-state index is 9.56. The molecule has 98 valence electrons. The molecule has 1 atom stereocenters. The van der Waals surface area contributed by atoms with Gasteiger partial charge in [0.2, 0.25) is 0 Å². The molecule has 2 aromatic rings. The molecule has 0 spiro atoms. The zero-order valence-electron chi connectivity index (χ0n) is 10.7. The topological polar surface area (TPSA) is 42.8 Å². The molecule has 0 aliphatic carbocycles.